The average molecular weight is 643 g/mol. The molecule has 10 heteroatoms. The summed E-state index contributed by atoms with van der Waals surface area (Å²) >= 11 is 1.19. The van der Waals surface area contributed by atoms with Gasteiger partial charge < -0.3 is 15.2 Å². The predicted octanol–water partition coefficient (Wildman–Crippen LogP) is 7.50. The monoisotopic (exact) mass is 642 g/mol. The molecule has 4 aromatic carbocycles. The number of amidine groups is 1. The van der Waals surface area contributed by atoms with E-state index >= 15 is 0 Å². The fourth-order valence-corrected chi connectivity index (χ4v) is 5.97. The summed E-state index contributed by atoms with van der Waals surface area (Å²) in [5.74, 6) is -0.848. The smallest absolute Gasteiger partial charge is 0.336 e. The molecule has 9 nitrogen and oxygen atoms in total. The number of thioether (sulfide) groups is 1. The largest absolute Gasteiger partial charge is 0.494 e. The maximum Gasteiger partial charge on any atom is 0.336 e. The first-order valence-electron chi connectivity index (χ1n) is 14.9. The number of pyridine rings is 1. The third-order valence-corrected chi connectivity index (χ3v) is 8.44. The molecule has 0 spiro atoms. The van der Waals surface area contributed by atoms with Crippen LogP contribution in [0.4, 0.5) is 11.4 Å². The minimum atomic E-state index is -1.03. The first kappa shape index (κ1) is 31.3. The van der Waals surface area contributed by atoms with Crippen LogP contribution in [0.15, 0.2) is 120 Å². The van der Waals surface area contributed by atoms with Gasteiger partial charge in [0.05, 0.1) is 34.3 Å². The third-order valence-electron chi connectivity index (χ3n) is 7.38. The van der Waals surface area contributed by atoms with Crippen LogP contribution in [0.5, 0.6) is 5.75 Å². The van der Waals surface area contributed by atoms with Crippen LogP contribution in [0.3, 0.4) is 0 Å². The van der Waals surface area contributed by atoms with Crippen molar-refractivity contribution < 1.29 is 24.2 Å². The molecule has 2 amide bonds. The Morgan fingerprint density at radius 2 is 1.66 bits per heavy atom. The highest BCUT2D eigenvalue weighted by Gasteiger charge is 2.34. The second-order valence-corrected chi connectivity index (χ2v) is 11.9. The molecule has 1 aromatic heterocycles. The number of amides is 2. The summed E-state index contributed by atoms with van der Waals surface area (Å²) in [4.78, 5) is 49.6. The van der Waals surface area contributed by atoms with E-state index in [0.29, 0.717) is 45.3 Å². The number of hydrogen-bond donors (Lipinski definition) is 2. The van der Waals surface area contributed by atoms with E-state index in [4.69, 9.17) is 4.74 Å². The van der Waals surface area contributed by atoms with Crippen LogP contribution in [0, 0.1) is 0 Å². The van der Waals surface area contributed by atoms with Gasteiger partial charge in [-0.2, -0.15) is 0 Å². The minimum absolute atomic E-state index is 0.171. The summed E-state index contributed by atoms with van der Waals surface area (Å²) in [7, 11) is 0. The van der Waals surface area contributed by atoms with Crippen LogP contribution in [0.2, 0.25) is 0 Å². The summed E-state index contributed by atoms with van der Waals surface area (Å²) in [6.45, 7) is 4.23. The number of para-hydroxylation sites is 2. The lowest BCUT2D eigenvalue weighted by atomic mass is 10.0. The van der Waals surface area contributed by atoms with Gasteiger partial charge in [-0.15, -0.1) is 0 Å². The van der Waals surface area contributed by atoms with Crippen LogP contribution in [0.25, 0.3) is 28.2 Å². The Labute approximate surface area is 275 Å². The van der Waals surface area contributed by atoms with Crippen molar-refractivity contribution >= 4 is 63.1 Å². The van der Waals surface area contributed by atoms with Gasteiger partial charge in [0.15, 0.2) is 5.17 Å². The molecular weight excluding hydrogens is 612 g/mol. The first-order chi connectivity index (χ1) is 22.8. The van der Waals surface area contributed by atoms with E-state index in [-0.39, 0.29) is 23.1 Å². The third kappa shape index (κ3) is 6.92. The van der Waals surface area contributed by atoms with Crippen molar-refractivity contribution in [3.05, 3.63) is 126 Å². The van der Waals surface area contributed by atoms with Crippen molar-refractivity contribution in [2.75, 3.05) is 16.8 Å². The molecule has 5 aromatic rings. The molecule has 2 N–H and O–H groups in total. The number of aromatic nitrogens is 1. The number of nitrogens with one attached hydrogen (secondary N) is 1. The second kappa shape index (κ2) is 13.7. The number of aromatic carboxylic acids is 1. The summed E-state index contributed by atoms with van der Waals surface area (Å²) in [6, 6.07) is 32.3. The molecule has 0 bridgehead atoms. The normalized spacial score (nSPS) is 14.3. The molecule has 0 aliphatic carbocycles. The number of carboxylic acid groups (broad SMARTS) is 1. The summed E-state index contributed by atoms with van der Waals surface area (Å²) < 4.78 is 5.52. The number of ether oxygens (including phenoxy) is 1. The van der Waals surface area contributed by atoms with E-state index in [1.54, 1.807) is 61.5 Å². The Morgan fingerprint density at radius 3 is 2.36 bits per heavy atom. The number of hydrogen-bond acceptors (Lipinski definition) is 7. The highest BCUT2D eigenvalue weighted by atomic mass is 32.2. The van der Waals surface area contributed by atoms with Crippen molar-refractivity contribution in [1.29, 1.82) is 0 Å². The molecular formula is C37H30N4O5S. The van der Waals surface area contributed by atoms with E-state index in [0.717, 1.165) is 11.3 Å². The van der Waals surface area contributed by atoms with Crippen molar-refractivity contribution in [2.45, 2.75) is 19.1 Å². The quantitative estimate of drug-likeness (QED) is 0.160. The lowest BCUT2D eigenvalue weighted by molar-refractivity contribution is -0.115. The van der Waals surface area contributed by atoms with Crippen molar-refractivity contribution in [3.63, 3.8) is 0 Å². The number of anilines is 2. The zero-order valence-corrected chi connectivity index (χ0v) is 26.4. The summed E-state index contributed by atoms with van der Waals surface area (Å²) in [6.07, 6.45) is 1.72. The summed E-state index contributed by atoms with van der Waals surface area (Å²) in [5.41, 5.74) is 4.25. The van der Waals surface area contributed by atoms with Gasteiger partial charge in [-0.1, -0.05) is 72.4 Å². The fourth-order valence-electron chi connectivity index (χ4n) is 5.04. The maximum atomic E-state index is 13.6. The van der Waals surface area contributed by atoms with Gasteiger partial charge in [-0.25, -0.2) is 14.8 Å². The fraction of sp³-hybridized carbons (Fsp3) is 0.108. The van der Waals surface area contributed by atoms with Gasteiger partial charge in [-0.3, -0.25) is 14.5 Å². The molecule has 0 radical (unpaired) electrons. The molecule has 234 valence electrons. The SMILES string of the molecule is CCOc1ccc(/C=C2\N=C(SC(C)C(=O)Nc3ccc(-c4cc(C(=O)O)c5ccccc5n4)cc3)N(c3ccccc3)C2=O)cc1. The molecule has 1 atom stereocenters. The lowest BCUT2D eigenvalue weighted by Crippen LogP contribution is -2.33. The molecule has 2 heterocycles. The average Bonchev–Trinajstić information content (AvgIpc) is 3.39. The lowest BCUT2D eigenvalue weighted by Gasteiger charge is -2.20. The Hall–Kier alpha value is -5.74. The van der Waals surface area contributed by atoms with E-state index in [9.17, 15) is 19.5 Å². The van der Waals surface area contributed by atoms with Crippen LogP contribution >= 0.6 is 11.8 Å². The number of carbonyl (C=O) groups is 3. The maximum absolute atomic E-state index is 13.6. The second-order valence-electron chi connectivity index (χ2n) is 10.6. The topological polar surface area (TPSA) is 121 Å². The molecule has 0 saturated carbocycles. The number of rotatable bonds is 9. The van der Waals surface area contributed by atoms with Crippen molar-refractivity contribution in [1.82, 2.24) is 4.98 Å². The van der Waals surface area contributed by atoms with Gasteiger partial charge in [0.1, 0.15) is 11.4 Å². The van der Waals surface area contributed by atoms with Gasteiger partial charge >= 0.3 is 5.97 Å². The molecule has 6 rings (SSSR count). The molecule has 0 fully saturated rings. The number of carboxylic acids is 1. The van der Waals surface area contributed by atoms with Crippen LogP contribution in [-0.4, -0.2) is 44.9 Å². The van der Waals surface area contributed by atoms with Gasteiger partial charge in [0, 0.05) is 16.6 Å². The van der Waals surface area contributed by atoms with Gasteiger partial charge in [-0.05, 0) is 74.0 Å². The number of carbonyl (C=O) groups excluding carboxylic acids is 2. The highest BCUT2D eigenvalue weighted by molar-refractivity contribution is 8.15. The number of nitrogens with zero attached hydrogens (tertiary/aromatic N) is 3. The molecule has 1 aliphatic rings. The minimum Gasteiger partial charge on any atom is -0.494 e. The van der Waals surface area contributed by atoms with E-state index in [1.165, 1.54) is 16.7 Å². The van der Waals surface area contributed by atoms with Crippen LogP contribution in [-0.2, 0) is 9.59 Å². The number of aliphatic imine (C=N–C) groups is 1. The molecule has 0 saturated heterocycles. The molecule has 1 aliphatic heterocycles. The Bertz CT molecular complexity index is 2030. The van der Waals surface area contributed by atoms with E-state index < -0.39 is 11.2 Å². The molecule has 1 unspecified atom stereocenters. The zero-order chi connectivity index (χ0) is 32.9. The number of benzene rings is 4. The summed E-state index contributed by atoms with van der Waals surface area (Å²) in [5, 5.41) is 13.0. The van der Waals surface area contributed by atoms with E-state index in [2.05, 4.69) is 15.3 Å². The first-order valence-corrected chi connectivity index (χ1v) is 15.8. The van der Waals surface area contributed by atoms with Gasteiger partial charge in [0.2, 0.25) is 5.91 Å². The van der Waals surface area contributed by atoms with Crippen molar-refractivity contribution in [3.8, 4) is 17.0 Å². The predicted molar refractivity (Wildman–Crippen MR) is 187 cm³/mol. The Balaban J connectivity index is 1.19. The highest BCUT2D eigenvalue weighted by Crippen LogP contribution is 2.32. The van der Waals surface area contributed by atoms with Gasteiger partial charge in [0.25, 0.3) is 5.91 Å². The van der Waals surface area contributed by atoms with Crippen molar-refractivity contribution in [2.24, 2.45) is 4.99 Å². The van der Waals surface area contributed by atoms with E-state index in [1.807, 2.05) is 67.6 Å². The zero-order valence-electron chi connectivity index (χ0n) is 25.6. The van der Waals surface area contributed by atoms with Crippen LogP contribution in [0.1, 0.15) is 29.8 Å². The standard InChI is InChI=1S/C37H30N4O5S/c1-3-46-28-19-13-24(14-20-28)21-33-35(43)41(27-9-5-4-6-10-27)37(40-33)47-23(2)34(42)38-26-17-15-25(16-18-26)32-22-30(36(44)45)29-11-7-8-12-31(29)39-32/h4-23H,3H2,1-2H3,(H,38,42)(H,44,45)/b33-21-. The Kier molecular flexibility index (Phi) is 9.12. The Morgan fingerprint density at radius 1 is 0.957 bits per heavy atom. The number of fused-ring (bicyclic) bond motifs is 1. The molecule has 47 heavy (non-hydrogen) atoms. The van der Waals surface area contributed by atoms with Crippen LogP contribution < -0.4 is 15.0 Å².